The summed E-state index contributed by atoms with van der Waals surface area (Å²) in [7, 11) is 0. The summed E-state index contributed by atoms with van der Waals surface area (Å²) >= 11 is 0. The van der Waals surface area contributed by atoms with Crippen LogP contribution in [0.3, 0.4) is 0 Å². The van der Waals surface area contributed by atoms with Gasteiger partial charge in [-0.25, -0.2) is 0 Å². The molecular formula is C16H26N2O3. The monoisotopic (exact) mass is 294 g/mol. The molecule has 0 bridgehead atoms. The van der Waals surface area contributed by atoms with Crippen molar-refractivity contribution in [3.63, 3.8) is 0 Å². The number of rotatable bonds is 6. The summed E-state index contributed by atoms with van der Waals surface area (Å²) in [6, 6.07) is 7.59. The van der Waals surface area contributed by atoms with Crippen molar-refractivity contribution in [2.24, 2.45) is 11.7 Å². The Morgan fingerprint density at radius 3 is 2.90 bits per heavy atom. The number of nitrogens with zero attached hydrogens (tertiary/aromatic N) is 1. The lowest BCUT2D eigenvalue weighted by molar-refractivity contribution is 0.0000741. The molecular weight excluding hydrogens is 268 g/mol. The zero-order valence-electron chi connectivity index (χ0n) is 12.6. The van der Waals surface area contributed by atoms with Crippen molar-refractivity contribution in [2.45, 2.75) is 32.1 Å². The van der Waals surface area contributed by atoms with E-state index in [0.29, 0.717) is 25.6 Å². The Morgan fingerprint density at radius 1 is 1.43 bits per heavy atom. The van der Waals surface area contributed by atoms with Gasteiger partial charge in [-0.15, -0.1) is 0 Å². The molecule has 0 saturated carbocycles. The number of nitrogens with two attached hydrogens (primary N) is 1. The second-order valence-electron chi connectivity index (χ2n) is 5.87. The molecule has 1 aromatic carbocycles. The molecule has 4 N–H and O–H groups in total. The number of benzene rings is 1. The van der Waals surface area contributed by atoms with E-state index in [1.807, 2.05) is 24.3 Å². The molecule has 5 nitrogen and oxygen atoms in total. The second-order valence-corrected chi connectivity index (χ2v) is 5.87. The first kappa shape index (κ1) is 16.2. The fraction of sp³-hybridized carbons (Fsp3) is 0.625. The number of β-amino-alcohol motifs (C(OH)–C–C–N with tert-alkyl or cyclic N) is 2. The molecule has 0 aromatic heterocycles. The third-order valence-electron chi connectivity index (χ3n) is 4.10. The van der Waals surface area contributed by atoms with E-state index in [2.05, 4.69) is 11.8 Å². The molecule has 118 valence electrons. The maximum absolute atomic E-state index is 10.1. The molecule has 0 aliphatic carbocycles. The van der Waals surface area contributed by atoms with Crippen LogP contribution in [-0.2, 0) is 6.54 Å². The van der Waals surface area contributed by atoms with Crippen molar-refractivity contribution in [3.8, 4) is 5.75 Å². The van der Waals surface area contributed by atoms with Crippen LogP contribution in [0, 0.1) is 5.92 Å². The Kier molecular flexibility index (Phi) is 5.99. The van der Waals surface area contributed by atoms with Crippen LogP contribution in [0.5, 0.6) is 5.75 Å². The highest BCUT2D eigenvalue weighted by Gasteiger charge is 2.25. The van der Waals surface area contributed by atoms with Crippen LogP contribution in [0.2, 0.25) is 0 Å². The van der Waals surface area contributed by atoms with E-state index < -0.39 is 6.10 Å². The van der Waals surface area contributed by atoms with Gasteiger partial charge in [-0.2, -0.15) is 0 Å². The number of aliphatic hydroxyl groups excluding tert-OH is 2. The molecule has 0 spiro atoms. The quantitative estimate of drug-likeness (QED) is 0.715. The molecule has 1 saturated heterocycles. The standard InChI is InChI=1S/C16H26N2O3/c1-12-6-7-18(10-15(12)20)9-14(19)11-21-16-5-3-2-4-13(16)8-17/h2-5,12,14-15,19-20H,6-11,17H2,1H3. The molecule has 1 aliphatic heterocycles. The van der Waals surface area contributed by atoms with Crippen LogP contribution in [-0.4, -0.2) is 53.6 Å². The molecule has 5 heteroatoms. The topological polar surface area (TPSA) is 79.0 Å². The SMILES string of the molecule is CC1CCN(CC(O)COc2ccccc2CN)CC1O. The van der Waals surface area contributed by atoms with E-state index >= 15 is 0 Å². The van der Waals surface area contributed by atoms with Gasteiger partial charge < -0.3 is 20.7 Å². The van der Waals surface area contributed by atoms with E-state index in [9.17, 15) is 10.2 Å². The van der Waals surface area contributed by atoms with Crippen LogP contribution in [0.1, 0.15) is 18.9 Å². The number of ether oxygens (including phenoxy) is 1. The Labute approximate surface area is 126 Å². The van der Waals surface area contributed by atoms with Crippen molar-refractivity contribution in [1.29, 1.82) is 0 Å². The van der Waals surface area contributed by atoms with Crippen LogP contribution >= 0.6 is 0 Å². The summed E-state index contributed by atoms with van der Waals surface area (Å²) in [5.74, 6) is 1.07. The molecule has 0 radical (unpaired) electrons. The number of likely N-dealkylation sites (tertiary alicyclic amines) is 1. The lowest BCUT2D eigenvalue weighted by atomic mass is 9.96. The first-order chi connectivity index (χ1) is 10.1. The van der Waals surface area contributed by atoms with Crippen LogP contribution in [0.15, 0.2) is 24.3 Å². The smallest absolute Gasteiger partial charge is 0.123 e. The summed E-state index contributed by atoms with van der Waals surface area (Å²) < 4.78 is 5.66. The van der Waals surface area contributed by atoms with Crippen molar-refractivity contribution in [1.82, 2.24) is 4.90 Å². The zero-order valence-corrected chi connectivity index (χ0v) is 12.6. The number of para-hydroxylation sites is 1. The van der Waals surface area contributed by atoms with Crippen molar-refractivity contribution < 1.29 is 14.9 Å². The Bertz CT molecular complexity index is 441. The lowest BCUT2D eigenvalue weighted by Crippen LogP contribution is -2.46. The van der Waals surface area contributed by atoms with E-state index in [4.69, 9.17) is 10.5 Å². The third kappa shape index (κ3) is 4.68. The van der Waals surface area contributed by atoms with Gasteiger partial charge in [0, 0.05) is 25.2 Å². The molecule has 3 unspecified atom stereocenters. The molecule has 2 rings (SSSR count). The first-order valence-electron chi connectivity index (χ1n) is 7.59. The molecule has 1 heterocycles. The van der Waals surface area contributed by atoms with E-state index in [1.165, 1.54) is 0 Å². The van der Waals surface area contributed by atoms with Gasteiger partial charge in [-0.3, -0.25) is 4.90 Å². The first-order valence-corrected chi connectivity index (χ1v) is 7.59. The Hall–Kier alpha value is -1.14. The van der Waals surface area contributed by atoms with Gasteiger partial charge in [-0.05, 0) is 24.9 Å². The maximum atomic E-state index is 10.1. The molecule has 21 heavy (non-hydrogen) atoms. The summed E-state index contributed by atoms with van der Waals surface area (Å²) in [5, 5.41) is 20.0. The fourth-order valence-corrected chi connectivity index (χ4v) is 2.63. The van der Waals surface area contributed by atoms with E-state index in [0.717, 1.165) is 24.3 Å². The summed E-state index contributed by atoms with van der Waals surface area (Å²) in [6.07, 6.45) is 0.0892. The number of hydrogen-bond donors (Lipinski definition) is 3. The lowest BCUT2D eigenvalue weighted by Gasteiger charge is -2.35. The Morgan fingerprint density at radius 2 is 2.19 bits per heavy atom. The van der Waals surface area contributed by atoms with Gasteiger partial charge in [0.25, 0.3) is 0 Å². The van der Waals surface area contributed by atoms with Gasteiger partial charge in [0.15, 0.2) is 0 Å². The van der Waals surface area contributed by atoms with Gasteiger partial charge in [0.1, 0.15) is 18.5 Å². The molecule has 1 aliphatic rings. The van der Waals surface area contributed by atoms with Gasteiger partial charge in [0.2, 0.25) is 0 Å². The van der Waals surface area contributed by atoms with Crippen LogP contribution < -0.4 is 10.5 Å². The van der Waals surface area contributed by atoms with Crippen molar-refractivity contribution in [2.75, 3.05) is 26.2 Å². The zero-order chi connectivity index (χ0) is 15.2. The Balaban J connectivity index is 1.78. The maximum Gasteiger partial charge on any atom is 0.123 e. The minimum atomic E-state index is -0.573. The number of hydrogen-bond acceptors (Lipinski definition) is 5. The van der Waals surface area contributed by atoms with Crippen LogP contribution in [0.25, 0.3) is 0 Å². The van der Waals surface area contributed by atoms with Crippen molar-refractivity contribution in [3.05, 3.63) is 29.8 Å². The molecule has 1 fully saturated rings. The summed E-state index contributed by atoms with van der Waals surface area (Å²) in [6.45, 7) is 4.77. The highest BCUT2D eigenvalue weighted by molar-refractivity contribution is 5.32. The van der Waals surface area contributed by atoms with Gasteiger partial charge in [0.05, 0.1) is 6.10 Å². The van der Waals surface area contributed by atoms with Gasteiger partial charge >= 0.3 is 0 Å². The number of aliphatic hydroxyl groups is 2. The summed E-state index contributed by atoms with van der Waals surface area (Å²) in [4.78, 5) is 2.09. The minimum absolute atomic E-state index is 0.235. The average Bonchev–Trinajstić information content (AvgIpc) is 2.49. The van der Waals surface area contributed by atoms with Crippen LogP contribution in [0.4, 0.5) is 0 Å². The molecule has 1 aromatic rings. The highest BCUT2D eigenvalue weighted by Crippen LogP contribution is 2.19. The average molecular weight is 294 g/mol. The second kappa shape index (κ2) is 7.75. The predicted molar refractivity (Wildman–Crippen MR) is 82.1 cm³/mol. The van der Waals surface area contributed by atoms with E-state index in [1.54, 1.807) is 0 Å². The predicted octanol–water partition coefficient (Wildman–Crippen LogP) is 0.588. The van der Waals surface area contributed by atoms with Gasteiger partial charge in [-0.1, -0.05) is 25.1 Å². The molecule has 3 atom stereocenters. The highest BCUT2D eigenvalue weighted by atomic mass is 16.5. The summed E-state index contributed by atoms with van der Waals surface area (Å²) in [5.41, 5.74) is 6.59. The minimum Gasteiger partial charge on any atom is -0.491 e. The fourth-order valence-electron chi connectivity index (χ4n) is 2.63. The normalized spacial score (nSPS) is 24.8. The molecule has 0 amide bonds. The van der Waals surface area contributed by atoms with Crippen molar-refractivity contribution >= 4 is 0 Å². The number of piperidine rings is 1. The third-order valence-corrected chi connectivity index (χ3v) is 4.10. The van der Waals surface area contributed by atoms with E-state index in [-0.39, 0.29) is 12.7 Å². The largest absolute Gasteiger partial charge is 0.491 e.